The molecule has 5 nitrogen and oxygen atoms in total. The van der Waals surface area contributed by atoms with Gasteiger partial charge in [-0.3, -0.25) is 4.79 Å². The molecule has 2 aromatic rings. The molecule has 0 aliphatic heterocycles. The first-order valence-electron chi connectivity index (χ1n) is 7.59. The summed E-state index contributed by atoms with van der Waals surface area (Å²) in [5.41, 5.74) is 1.08. The molecule has 2 rings (SSSR count). The van der Waals surface area contributed by atoms with Crippen LogP contribution in [0.15, 0.2) is 59.5 Å². The van der Waals surface area contributed by atoms with E-state index in [-0.39, 0.29) is 12.5 Å². The van der Waals surface area contributed by atoms with Gasteiger partial charge in [0, 0.05) is 29.9 Å². The number of benzene rings is 2. The van der Waals surface area contributed by atoms with Crippen molar-refractivity contribution < 1.29 is 14.3 Å². The fourth-order valence-electron chi connectivity index (χ4n) is 2.02. The predicted octanol–water partition coefficient (Wildman–Crippen LogP) is 2.79. The molecule has 24 heavy (non-hydrogen) atoms. The number of carbonyl (C=O) groups excluding carboxylic acids is 2. The molecule has 0 aliphatic rings. The Balaban J connectivity index is 1.68. The maximum atomic E-state index is 12.0. The Morgan fingerprint density at radius 2 is 1.75 bits per heavy atom. The van der Waals surface area contributed by atoms with Crippen molar-refractivity contribution in [2.75, 3.05) is 31.3 Å². The Kier molecular flexibility index (Phi) is 7.17. The third-order valence-corrected chi connectivity index (χ3v) is 4.20. The predicted molar refractivity (Wildman–Crippen MR) is 96.4 cm³/mol. The van der Waals surface area contributed by atoms with E-state index >= 15 is 0 Å². The Labute approximate surface area is 145 Å². The summed E-state index contributed by atoms with van der Waals surface area (Å²) < 4.78 is 5.05. The lowest BCUT2D eigenvalue weighted by atomic mass is 10.2. The van der Waals surface area contributed by atoms with E-state index in [9.17, 15) is 9.59 Å². The average Bonchev–Trinajstić information content (AvgIpc) is 2.64. The summed E-state index contributed by atoms with van der Waals surface area (Å²) in [6.07, 6.45) is 0. The van der Waals surface area contributed by atoms with Crippen LogP contribution < -0.4 is 10.6 Å². The molecule has 0 aliphatic carbocycles. The molecule has 0 saturated heterocycles. The summed E-state index contributed by atoms with van der Waals surface area (Å²) >= 11 is 1.66. The summed E-state index contributed by atoms with van der Waals surface area (Å²) in [6.45, 7) is 0.232. The first kappa shape index (κ1) is 17.9. The number of carbonyl (C=O) groups is 2. The van der Waals surface area contributed by atoms with Crippen LogP contribution in [0.2, 0.25) is 0 Å². The van der Waals surface area contributed by atoms with Crippen molar-refractivity contribution in [1.29, 1.82) is 0 Å². The zero-order valence-electron chi connectivity index (χ0n) is 13.5. The van der Waals surface area contributed by atoms with Crippen LogP contribution in [0.4, 0.5) is 5.69 Å². The molecule has 0 radical (unpaired) electrons. The Bertz CT molecular complexity index is 677. The second kappa shape index (κ2) is 9.62. The molecule has 0 saturated carbocycles. The van der Waals surface area contributed by atoms with Crippen molar-refractivity contribution in [3.05, 3.63) is 60.2 Å². The highest BCUT2D eigenvalue weighted by Gasteiger charge is 2.13. The Morgan fingerprint density at radius 1 is 1.04 bits per heavy atom. The maximum Gasteiger partial charge on any atom is 0.340 e. The maximum absolute atomic E-state index is 12.0. The number of hydrogen-bond acceptors (Lipinski definition) is 5. The molecule has 0 atom stereocenters. The zero-order valence-corrected chi connectivity index (χ0v) is 14.3. The molecular weight excluding hydrogens is 324 g/mol. The molecule has 0 heterocycles. The molecule has 1 amide bonds. The van der Waals surface area contributed by atoms with Crippen LogP contribution in [0.5, 0.6) is 0 Å². The number of anilines is 1. The molecule has 2 aromatic carbocycles. The van der Waals surface area contributed by atoms with Gasteiger partial charge < -0.3 is 15.4 Å². The van der Waals surface area contributed by atoms with Gasteiger partial charge in [-0.25, -0.2) is 4.79 Å². The largest absolute Gasteiger partial charge is 0.452 e. The van der Waals surface area contributed by atoms with Crippen molar-refractivity contribution >= 4 is 29.3 Å². The van der Waals surface area contributed by atoms with Gasteiger partial charge in [-0.1, -0.05) is 30.3 Å². The minimum Gasteiger partial charge on any atom is -0.452 e. The normalized spacial score (nSPS) is 10.0. The Hall–Kier alpha value is -2.47. The number of amides is 1. The van der Waals surface area contributed by atoms with Crippen molar-refractivity contribution in [3.63, 3.8) is 0 Å². The Morgan fingerprint density at radius 3 is 2.50 bits per heavy atom. The standard InChI is InChI=1S/C18H20N2O3S/c1-19-16-10-6-5-9-15(16)18(22)23-13-17(21)20-11-12-24-14-7-3-2-4-8-14/h2-10,19H,11-13H2,1H3,(H,20,21). The lowest BCUT2D eigenvalue weighted by molar-refractivity contribution is -0.124. The topological polar surface area (TPSA) is 67.4 Å². The van der Waals surface area contributed by atoms with E-state index in [1.807, 2.05) is 36.4 Å². The third kappa shape index (κ3) is 5.62. The quantitative estimate of drug-likeness (QED) is 0.438. The summed E-state index contributed by atoms with van der Waals surface area (Å²) in [6, 6.07) is 17.0. The second-order valence-electron chi connectivity index (χ2n) is 4.88. The van der Waals surface area contributed by atoms with E-state index in [2.05, 4.69) is 10.6 Å². The van der Waals surface area contributed by atoms with Gasteiger partial charge in [0.25, 0.3) is 5.91 Å². The first-order valence-corrected chi connectivity index (χ1v) is 8.57. The SMILES string of the molecule is CNc1ccccc1C(=O)OCC(=O)NCCSc1ccccc1. The zero-order chi connectivity index (χ0) is 17.2. The highest BCUT2D eigenvalue weighted by atomic mass is 32.2. The van der Waals surface area contributed by atoms with Gasteiger partial charge >= 0.3 is 5.97 Å². The van der Waals surface area contributed by atoms with Crippen molar-refractivity contribution in [2.24, 2.45) is 0 Å². The minimum atomic E-state index is -0.520. The van der Waals surface area contributed by atoms with Gasteiger partial charge in [-0.15, -0.1) is 11.8 Å². The number of hydrogen-bond donors (Lipinski definition) is 2. The lowest BCUT2D eigenvalue weighted by Crippen LogP contribution is -2.30. The van der Waals surface area contributed by atoms with E-state index < -0.39 is 5.97 Å². The minimum absolute atomic E-state index is 0.285. The highest BCUT2D eigenvalue weighted by Crippen LogP contribution is 2.16. The first-order chi connectivity index (χ1) is 11.7. The van der Waals surface area contributed by atoms with E-state index in [0.717, 1.165) is 10.6 Å². The average molecular weight is 344 g/mol. The van der Waals surface area contributed by atoms with Gasteiger partial charge in [0.05, 0.1) is 5.56 Å². The number of esters is 1. The van der Waals surface area contributed by atoms with Crippen LogP contribution in [-0.4, -0.2) is 37.8 Å². The summed E-state index contributed by atoms with van der Waals surface area (Å²) in [5, 5.41) is 5.65. The number of nitrogens with one attached hydrogen (secondary N) is 2. The van der Waals surface area contributed by atoms with E-state index in [0.29, 0.717) is 17.8 Å². The van der Waals surface area contributed by atoms with E-state index in [1.165, 1.54) is 0 Å². The van der Waals surface area contributed by atoms with Gasteiger partial charge in [-0.2, -0.15) is 0 Å². The summed E-state index contributed by atoms with van der Waals surface area (Å²) in [7, 11) is 1.73. The van der Waals surface area contributed by atoms with Gasteiger partial charge in [0.2, 0.25) is 0 Å². The third-order valence-electron chi connectivity index (χ3n) is 3.19. The highest BCUT2D eigenvalue weighted by molar-refractivity contribution is 7.99. The summed E-state index contributed by atoms with van der Waals surface area (Å²) in [4.78, 5) is 24.9. The summed E-state index contributed by atoms with van der Waals surface area (Å²) in [5.74, 6) is -0.0700. The number of para-hydroxylation sites is 1. The van der Waals surface area contributed by atoms with Crippen molar-refractivity contribution in [2.45, 2.75) is 4.90 Å². The molecule has 0 spiro atoms. The molecule has 6 heteroatoms. The van der Waals surface area contributed by atoms with Gasteiger partial charge in [-0.05, 0) is 24.3 Å². The van der Waals surface area contributed by atoms with Crippen LogP contribution in [0.25, 0.3) is 0 Å². The monoisotopic (exact) mass is 344 g/mol. The van der Waals surface area contributed by atoms with Gasteiger partial charge in [0.1, 0.15) is 0 Å². The smallest absolute Gasteiger partial charge is 0.340 e. The molecular formula is C18H20N2O3S. The molecule has 0 fully saturated rings. The molecule has 0 bridgehead atoms. The van der Waals surface area contributed by atoms with Crippen molar-refractivity contribution in [3.8, 4) is 0 Å². The fraction of sp³-hybridized carbons (Fsp3) is 0.222. The van der Waals surface area contributed by atoms with Crippen LogP contribution in [-0.2, 0) is 9.53 Å². The van der Waals surface area contributed by atoms with E-state index in [4.69, 9.17) is 4.74 Å². The van der Waals surface area contributed by atoms with Crippen molar-refractivity contribution in [1.82, 2.24) is 5.32 Å². The number of ether oxygens (including phenoxy) is 1. The number of rotatable bonds is 8. The van der Waals surface area contributed by atoms with Crippen LogP contribution in [0, 0.1) is 0 Å². The van der Waals surface area contributed by atoms with Crippen LogP contribution >= 0.6 is 11.8 Å². The van der Waals surface area contributed by atoms with Gasteiger partial charge in [0.15, 0.2) is 6.61 Å². The molecule has 2 N–H and O–H groups in total. The molecule has 0 aromatic heterocycles. The molecule has 126 valence electrons. The van der Waals surface area contributed by atoms with Crippen LogP contribution in [0.1, 0.15) is 10.4 Å². The van der Waals surface area contributed by atoms with E-state index in [1.54, 1.807) is 37.0 Å². The second-order valence-corrected chi connectivity index (χ2v) is 6.05. The molecule has 0 unspecified atom stereocenters. The number of thioether (sulfide) groups is 1. The fourth-order valence-corrected chi connectivity index (χ4v) is 2.80. The van der Waals surface area contributed by atoms with Crippen LogP contribution in [0.3, 0.4) is 0 Å². The lowest BCUT2D eigenvalue weighted by Gasteiger charge is -2.09.